The van der Waals surface area contributed by atoms with Gasteiger partial charge < -0.3 is 18.8 Å². The molecule has 170 valence electrons. The molecule has 2 aromatic carbocycles. The average molecular weight is 447 g/mol. The Labute approximate surface area is 191 Å². The van der Waals surface area contributed by atoms with E-state index in [0.29, 0.717) is 35.8 Å². The quantitative estimate of drug-likeness (QED) is 0.399. The smallest absolute Gasteiger partial charge is 0.339 e. The number of aromatic nitrogens is 1. The van der Waals surface area contributed by atoms with Crippen LogP contribution in [0.5, 0.6) is 11.5 Å². The van der Waals surface area contributed by atoms with Gasteiger partial charge in [-0.2, -0.15) is 0 Å². The van der Waals surface area contributed by atoms with Crippen molar-refractivity contribution in [3.05, 3.63) is 82.2 Å². The lowest BCUT2D eigenvalue weighted by molar-refractivity contribution is 0.0472. The highest BCUT2D eigenvalue weighted by Crippen LogP contribution is 2.31. The minimum atomic E-state index is -0.728. The van der Waals surface area contributed by atoms with Gasteiger partial charge in [-0.3, -0.25) is 9.59 Å². The number of aryl methyl sites for hydroxylation is 1. The summed E-state index contributed by atoms with van der Waals surface area (Å²) in [6, 6.07) is 13.1. The summed E-state index contributed by atoms with van der Waals surface area (Å²) >= 11 is 0. The summed E-state index contributed by atoms with van der Waals surface area (Å²) in [6.07, 6.45) is 0. The maximum atomic E-state index is 13.2. The molecule has 3 aromatic rings. The molecule has 4 rings (SSSR count). The van der Waals surface area contributed by atoms with Gasteiger partial charge in [-0.1, -0.05) is 18.2 Å². The molecule has 0 spiro atoms. The summed E-state index contributed by atoms with van der Waals surface area (Å²) in [5, 5.41) is 0. The van der Waals surface area contributed by atoms with E-state index in [9.17, 15) is 14.4 Å². The zero-order valence-electron chi connectivity index (χ0n) is 18.8. The molecule has 1 aliphatic heterocycles. The van der Waals surface area contributed by atoms with Crippen molar-refractivity contribution < 1.29 is 28.6 Å². The van der Waals surface area contributed by atoms with E-state index in [-0.39, 0.29) is 22.7 Å². The first-order chi connectivity index (χ1) is 15.9. The Balaban J connectivity index is 1.52. The summed E-state index contributed by atoms with van der Waals surface area (Å²) in [6.45, 7) is 7.01. The van der Waals surface area contributed by atoms with Crippen molar-refractivity contribution in [2.45, 2.75) is 27.3 Å². The SMILES string of the molecule is CCn1c(C)cc(C(=O)COC(=O)c2ccccc2C(=O)c2ccc3c(c2)OCCO3)c1C. The van der Waals surface area contributed by atoms with Crippen LogP contribution in [-0.4, -0.2) is 41.9 Å². The average Bonchev–Trinajstić information content (AvgIpc) is 3.14. The van der Waals surface area contributed by atoms with Gasteiger partial charge in [0, 0.05) is 34.6 Å². The molecular formula is C26H25NO6. The van der Waals surface area contributed by atoms with Gasteiger partial charge in [0.1, 0.15) is 13.2 Å². The topological polar surface area (TPSA) is 83.8 Å². The Morgan fingerprint density at radius 2 is 1.61 bits per heavy atom. The maximum absolute atomic E-state index is 13.2. The molecule has 33 heavy (non-hydrogen) atoms. The number of nitrogens with zero attached hydrogens (tertiary/aromatic N) is 1. The number of rotatable bonds is 7. The zero-order valence-corrected chi connectivity index (χ0v) is 18.8. The summed E-state index contributed by atoms with van der Waals surface area (Å²) in [5.41, 5.74) is 3.00. The molecule has 0 radical (unpaired) electrons. The third kappa shape index (κ3) is 4.39. The van der Waals surface area contributed by atoms with E-state index in [0.717, 1.165) is 17.9 Å². The van der Waals surface area contributed by atoms with E-state index in [1.807, 2.05) is 25.3 Å². The summed E-state index contributed by atoms with van der Waals surface area (Å²) in [4.78, 5) is 38.6. The van der Waals surface area contributed by atoms with Crippen molar-refractivity contribution in [3.8, 4) is 11.5 Å². The molecule has 0 saturated heterocycles. The number of fused-ring (bicyclic) bond motifs is 1. The largest absolute Gasteiger partial charge is 0.486 e. The van der Waals surface area contributed by atoms with Gasteiger partial charge in [-0.25, -0.2) is 4.79 Å². The van der Waals surface area contributed by atoms with Gasteiger partial charge in [-0.15, -0.1) is 0 Å². The summed E-state index contributed by atoms with van der Waals surface area (Å²) in [5.74, 6) is -0.299. The minimum Gasteiger partial charge on any atom is -0.486 e. The zero-order chi connectivity index (χ0) is 23.5. The predicted molar refractivity (Wildman–Crippen MR) is 121 cm³/mol. The lowest BCUT2D eigenvalue weighted by Crippen LogP contribution is -2.18. The van der Waals surface area contributed by atoms with Gasteiger partial charge in [-0.05, 0) is 51.1 Å². The second kappa shape index (κ2) is 9.32. The number of ketones is 2. The Morgan fingerprint density at radius 1 is 0.909 bits per heavy atom. The Kier molecular flexibility index (Phi) is 6.31. The number of ether oxygens (including phenoxy) is 3. The van der Waals surface area contributed by atoms with E-state index >= 15 is 0 Å². The third-order valence-electron chi connectivity index (χ3n) is 5.72. The molecule has 7 heteroatoms. The van der Waals surface area contributed by atoms with Crippen LogP contribution in [0.15, 0.2) is 48.5 Å². The molecule has 1 aliphatic rings. The molecule has 0 saturated carbocycles. The van der Waals surface area contributed by atoms with Crippen LogP contribution < -0.4 is 9.47 Å². The van der Waals surface area contributed by atoms with E-state index < -0.39 is 12.6 Å². The fourth-order valence-corrected chi connectivity index (χ4v) is 4.06. The normalized spacial score (nSPS) is 12.3. The van der Waals surface area contributed by atoms with E-state index in [2.05, 4.69) is 0 Å². The van der Waals surface area contributed by atoms with Crippen LogP contribution in [0.3, 0.4) is 0 Å². The highest BCUT2D eigenvalue weighted by atomic mass is 16.6. The van der Waals surface area contributed by atoms with Crippen LogP contribution in [0.25, 0.3) is 0 Å². The monoisotopic (exact) mass is 447 g/mol. The van der Waals surface area contributed by atoms with Gasteiger partial charge in [0.15, 0.2) is 23.9 Å². The fraction of sp³-hybridized carbons (Fsp3) is 0.269. The fourth-order valence-electron chi connectivity index (χ4n) is 4.06. The van der Waals surface area contributed by atoms with Crippen molar-refractivity contribution in [2.24, 2.45) is 0 Å². The van der Waals surface area contributed by atoms with Crippen LogP contribution in [0, 0.1) is 13.8 Å². The lowest BCUT2D eigenvalue weighted by atomic mass is 9.98. The molecular weight excluding hydrogens is 422 g/mol. The molecule has 0 fully saturated rings. The first-order valence-electron chi connectivity index (χ1n) is 10.8. The number of esters is 1. The van der Waals surface area contributed by atoms with E-state index in [1.54, 1.807) is 42.5 Å². The van der Waals surface area contributed by atoms with Crippen LogP contribution in [0.2, 0.25) is 0 Å². The lowest BCUT2D eigenvalue weighted by Gasteiger charge is -2.18. The molecule has 0 N–H and O–H groups in total. The summed E-state index contributed by atoms with van der Waals surface area (Å²) in [7, 11) is 0. The Bertz CT molecular complexity index is 1240. The van der Waals surface area contributed by atoms with E-state index in [1.165, 1.54) is 6.07 Å². The van der Waals surface area contributed by atoms with Crippen molar-refractivity contribution in [3.63, 3.8) is 0 Å². The van der Waals surface area contributed by atoms with E-state index in [4.69, 9.17) is 14.2 Å². The van der Waals surface area contributed by atoms with Crippen molar-refractivity contribution >= 4 is 17.5 Å². The van der Waals surface area contributed by atoms with Crippen LogP contribution in [0.4, 0.5) is 0 Å². The summed E-state index contributed by atoms with van der Waals surface area (Å²) < 4.78 is 18.4. The first-order valence-corrected chi connectivity index (χ1v) is 10.8. The molecule has 0 amide bonds. The molecule has 0 atom stereocenters. The number of carbonyl (C=O) groups is 3. The van der Waals surface area contributed by atoms with Gasteiger partial charge >= 0.3 is 5.97 Å². The number of hydrogen-bond acceptors (Lipinski definition) is 6. The van der Waals surface area contributed by atoms with Gasteiger partial charge in [0.05, 0.1) is 5.56 Å². The molecule has 0 bridgehead atoms. The molecule has 0 unspecified atom stereocenters. The maximum Gasteiger partial charge on any atom is 0.339 e. The van der Waals surface area contributed by atoms with Crippen molar-refractivity contribution in [1.29, 1.82) is 0 Å². The Morgan fingerprint density at radius 3 is 2.30 bits per heavy atom. The molecule has 7 nitrogen and oxygen atoms in total. The van der Waals surface area contributed by atoms with Gasteiger partial charge in [0.25, 0.3) is 0 Å². The number of Topliss-reactive ketones (excluding diaryl/α,β-unsaturated/α-hetero) is 1. The minimum absolute atomic E-state index is 0.101. The van der Waals surface area contributed by atoms with Crippen LogP contribution in [0.1, 0.15) is 54.9 Å². The standard InChI is InChI=1S/C26H25NO6/c1-4-27-16(2)13-21(17(27)3)22(28)15-33-26(30)20-8-6-5-7-19(20)25(29)18-9-10-23-24(14-18)32-12-11-31-23/h5-10,13-14H,4,11-12,15H2,1-3H3. The van der Waals surface area contributed by atoms with Crippen LogP contribution >= 0.6 is 0 Å². The third-order valence-corrected chi connectivity index (χ3v) is 5.72. The first kappa shape index (κ1) is 22.3. The predicted octanol–water partition coefficient (Wildman–Crippen LogP) is 4.17. The number of hydrogen-bond donors (Lipinski definition) is 0. The number of carbonyl (C=O) groups excluding carboxylic acids is 3. The highest BCUT2D eigenvalue weighted by Gasteiger charge is 2.23. The number of benzene rings is 2. The van der Waals surface area contributed by atoms with Crippen molar-refractivity contribution in [2.75, 3.05) is 19.8 Å². The van der Waals surface area contributed by atoms with Crippen LogP contribution in [-0.2, 0) is 11.3 Å². The Hall–Kier alpha value is -3.87. The van der Waals surface area contributed by atoms with Gasteiger partial charge in [0.2, 0.25) is 5.78 Å². The van der Waals surface area contributed by atoms with Crippen molar-refractivity contribution in [1.82, 2.24) is 4.57 Å². The molecule has 2 heterocycles. The second-order valence-corrected chi connectivity index (χ2v) is 7.76. The molecule has 1 aromatic heterocycles. The second-order valence-electron chi connectivity index (χ2n) is 7.76. The molecule has 0 aliphatic carbocycles. The highest BCUT2D eigenvalue weighted by molar-refractivity contribution is 6.15.